The van der Waals surface area contributed by atoms with Gasteiger partial charge in [0, 0.05) is 5.41 Å². The van der Waals surface area contributed by atoms with E-state index in [2.05, 4.69) is 13.5 Å². The Morgan fingerprint density at radius 3 is 2.70 bits per heavy atom. The Hall–Kier alpha value is -2.52. The summed E-state index contributed by atoms with van der Waals surface area (Å²) in [6.45, 7) is 8.21. The van der Waals surface area contributed by atoms with E-state index in [0.717, 1.165) is 22.8 Å². The number of fused-ring (bicyclic) bond motifs is 1. The third-order valence-electron chi connectivity index (χ3n) is 8.52. The molecule has 180 valence electrons. The number of aliphatic hydroxyl groups is 2. The summed E-state index contributed by atoms with van der Waals surface area (Å²) in [5, 5.41) is 20.9. The topological polar surface area (TPSA) is 122 Å². The van der Waals surface area contributed by atoms with Gasteiger partial charge in [0.15, 0.2) is 0 Å². The van der Waals surface area contributed by atoms with E-state index < -0.39 is 40.6 Å². The minimum absolute atomic E-state index is 0.0107. The zero-order valence-corrected chi connectivity index (χ0v) is 19.0. The van der Waals surface area contributed by atoms with Crippen LogP contribution >= 0.6 is 0 Å². The Kier molecular flexibility index (Phi) is 5.99. The fraction of sp³-hybridized carbons (Fsp3) is 0.625. The Bertz CT molecular complexity index is 1120. The first-order chi connectivity index (χ1) is 15.5. The van der Waals surface area contributed by atoms with Crippen molar-refractivity contribution in [3.8, 4) is 0 Å². The largest absolute Gasteiger partial charge is 0.458 e. The summed E-state index contributed by atoms with van der Waals surface area (Å²) >= 11 is 0. The number of nitrogens with zero attached hydrogens (tertiary/aromatic N) is 1. The van der Waals surface area contributed by atoms with Crippen molar-refractivity contribution in [1.82, 2.24) is 9.55 Å². The average molecular weight is 463 g/mol. The van der Waals surface area contributed by atoms with Gasteiger partial charge in [-0.1, -0.05) is 26.0 Å². The molecule has 0 radical (unpaired) electrons. The highest BCUT2D eigenvalue weighted by Crippen LogP contribution is 2.62. The predicted molar refractivity (Wildman–Crippen MR) is 118 cm³/mol. The number of rotatable bonds is 5. The highest BCUT2D eigenvalue weighted by molar-refractivity contribution is 5.91. The van der Waals surface area contributed by atoms with Crippen LogP contribution in [-0.2, 0) is 9.53 Å². The number of aromatic nitrogens is 2. The molecular formula is C24H31FN2O6. The number of ether oxygens (including phenoxy) is 1. The van der Waals surface area contributed by atoms with Gasteiger partial charge in [0.05, 0.1) is 30.5 Å². The number of allylic oxidation sites excluding steroid dienone is 1. The highest BCUT2D eigenvalue weighted by Gasteiger charge is 2.58. The minimum Gasteiger partial charge on any atom is -0.458 e. The van der Waals surface area contributed by atoms with Gasteiger partial charge in [0.2, 0.25) is 5.82 Å². The summed E-state index contributed by atoms with van der Waals surface area (Å²) in [5.74, 6) is -1.88. The second-order valence-corrected chi connectivity index (χ2v) is 10.2. The number of carbonyl (C=O) groups is 1. The van der Waals surface area contributed by atoms with E-state index in [9.17, 15) is 29.0 Å². The van der Waals surface area contributed by atoms with Crippen molar-refractivity contribution in [2.24, 2.45) is 22.7 Å². The number of hydrogen-bond donors (Lipinski definition) is 3. The van der Waals surface area contributed by atoms with Crippen LogP contribution in [-0.4, -0.2) is 45.1 Å². The van der Waals surface area contributed by atoms with Gasteiger partial charge >= 0.3 is 11.7 Å². The molecule has 8 nitrogen and oxygen atoms in total. The van der Waals surface area contributed by atoms with Crippen LogP contribution in [0.5, 0.6) is 0 Å². The van der Waals surface area contributed by atoms with Crippen LogP contribution in [0.15, 0.2) is 39.6 Å². The summed E-state index contributed by atoms with van der Waals surface area (Å²) in [6.07, 6.45) is 4.70. The molecule has 0 aromatic carbocycles. The van der Waals surface area contributed by atoms with Gasteiger partial charge < -0.3 is 14.9 Å². The van der Waals surface area contributed by atoms with E-state index in [-0.39, 0.29) is 42.5 Å². The average Bonchev–Trinajstić information content (AvgIpc) is 3.19. The smallest absolute Gasteiger partial charge is 0.336 e. The van der Waals surface area contributed by atoms with Crippen molar-refractivity contribution in [2.45, 2.75) is 58.1 Å². The van der Waals surface area contributed by atoms with Gasteiger partial charge in [0.1, 0.15) is 6.61 Å². The Balaban J connectivity index is 1.79. The number of aliphatic hydroxyl groups excluding tert-OH is 2. The SMILES string of the molecule is C=C1CCC2[C@](C)(CO)C(O)CC[C@]2(C)[C@H]1CC(C1=CCOC1=O)n1cc(F)c(=O)[nH]c1=O. The van der Waals surface area contributed by atoms with Crippen LogP contribution in [0.3, 0.4) is 0 Å². The van der Waals surface area contributed by atoms with Gasteiger partial charge in [-0.25, -0.2) is 9.59 Å². The van der Waals surface area contributed by atoms with Crippen molar-refractivity contribution in [3.63, 3.8) is 0 Å². The minimum atomic E-state index is -1.12. The molecule has 2 heterocycles. The molecule has 0 spiro atoms. The summed E-state index contributed by atoms with van der Waals surface area (Å²) < 4.78 is 20.3. The van der Waals surface area contributed by atoms with Crippen molar-refractivity contribution < 1.29 is 24.1 Å². The normalized spacial score (nSPS) is 35.1. The zero-order chi connectivity index (χ0) is 24.1. The standard InChI is InChI=1S/C24H31FN2O6/c1-13-4-5-18-23(2,8-6-19(29)24(18,3)12-28)15(13)10-17(14-7-9-33-21(14)31)27-11-16(25)20(30)26-22(27)32/h7,11,15,17-19,28-29H,1,4-6,8-10,12H2,2-3H3,(H,26,30,32)/t15-,17?,18?,19?,23+,24-/m0/s1. The number of hydrogen-bond acceptors (Lipinski definition) is 6. The van der Waals surface area contributed by atoms with Crippen LogP contribution in [0, 0.1) is 28.5 Å². The number of aromatic amines is 1. The highest BCUT2D eigenvalue weighted by atomic mass is 19.1. The molecule has 0 amide bonds. The number of halogens is 1. The maximum Gasteiger partial charge on any atom is 0.336 e. The molecular weight excluding hydrogens is 431 g/mol. The van der Waals surface area contributed by atoms with Crippen molar-refractivity contribution >= 4 is 5.97 Å². The molecule has 0 bridgehead atoms. The lowest BCUT2D eigenvalue weighted by molar-refractivity contribution is -0.153. The summed E-state index contributed by atoms with van der Waals surface area (Å²) in [5.41, 5.74) is -1.78. The molecule has 6 atom stereocenters. The van der Waals surface area contributed by atoms with Gasteiger partial charge in [0.25, 0.3) is 5.56 Å². The molecule has 3 aliphatic rings. The number of nitrogens with one attached hydrogen (secondary N) is 1. The van der Waals surface area contributed by atoms with Crippen molar-refractivity contribution in [2.75, 3.05) is 13.2 Å². The van der Waals surface area contributed by atoms with Gasteiger partial charge in [-0.3, -0.25) is 14.3 Å². The lowest BCUT2D eigenvalue weighted by atomic mass is 9.46. The predicted octanol–water partition coefficient (Wildman–Crippen LogP) is 1.83. The maximum atomic E-state index is 14.2. The number of esters is 1. The number of carbonyl (C=O) groups excluding carboxylic acids is 1. The maximum absolute atomic E-state index is 14.2. The lowest BCUT2D eigenvalue weighted by Crippen LogP contribution is -2.57. The third kappa shape index (κ3) is 3.71. The zero-order valence-electron chi connectivity index (χ0n) is 19.0. The van der Waals surface area contributed by atoms with Gasteiger partial charge in [-0.05, 0) is 55.4 Å². The summed E-state index contributed by atoms with van der Waals surface area (Å²) in [7, 11) is 0. The molecule has 33 heavy (non-hydrogen) atoms. The van der Waals surface area contributed by atoms with Gasteiger partial charge in [-0.2, -0.15) is 4.39 Å². The molecule has 2 aliphatic carbocycles. The first-order valence-corrected chi connectivity index (χ1v) is 11.4. The Morgan fingerprint density at radius 2 is 2.06 bits per heavy atom. The fourth-order valence-electron chi connectivity index (χ4n) is 6.59. The van der Waals surface area contributed by atoms with E-state index in [0.29, 0.717) is 19.3 Å². The van der Waals surface area contributed by atoms with E-state index in [4.69, 9.17) is 4.74 Å². The summed E-state index contributed by atoms with van der Waals surface area (Å²) in [4.78, 5) is 38.7. The second kappa shape index (κ2) is 8.36. The summed E-state index contributed by atoms with van der Waals surface area (Å²) in [6, 6.07) is -0.858. The molecule has 9 heteroatoms. The van der Waals surface area contributed by atoms with E-state index in [1.165, 1.54) is 0 Å². The first-order valence-electron chi connectivity index (χ1n) is 11.4. The van der Waals surface area contributed by atoms with Crippen LogP contribution in [0.25, 0.3) is 0 Å². The molecule has 4 rings (SSSR count). The monoisotopic (exact) mass is 462 g/mol. The Morgan fingerprint density at radius 1 is 1.33 bits per heavy atom. The molecule has 1 aromatic heterocycles. The molecule has 0 saturated heterocycles. The van der Waals surface area contributed by atoms with Crippen LogP contribution < -0.4 is 11.2 Å². The Labute approximate surface area is 190 Å². The first kappa shape index (κ1) is 23.6. The van der Waals surface area contributed by atoms with E-state index in [1.807, 2.05) is 11.9 Å². The van der Waals surface area contributed by atoms with Crippen LogP contribution in [0.1, 0.15) is 52.0 Å². The lowest BCUT2D eigenvalue weighted by Gasteiger charge is -2.60. The molecule has 2 saturated carbocycles. The quantitative estimate of drug-likeness (QED) is 0.453. The fourth-order valence-corrected chi connectivity index (χ4v) is 6.59. The second-order valence-electron chi connectivity index (χ2n) is 10.2. The molecule has 1 aromatic rings. The van der Waals surface area contributed by atoms with E-state index in [1.54, 1.807) is 6.08 Å². The number of cyclic esters (lactones) is 1. The molecule has 3 unspecified atom stereocenters. The van der Waals surface area contributed by atoms with Crippen molar-refractivity contribution in [1.29, 1.82) is 0 Å². The van der Waals surface area contributed by atoms with Crippen LogP contribution in [0.4, 0.5) is 4.39 Å². The molecule has 2 fully saturated rings. The third-order valence-corrected chi connectivity index (χ3v) is 8.52. The van der Waals surface area contributed by atoms with Crippen LogP contribution in [0.2, 0.25) is 0 Å². The van der Waals surface area contributed by atoms with Crippen molar-refractivity contribution in [3.05, 3.63) is 56.7 Å². The number of H-pyrrole nitrogens is 1. The van der Waals surface area contributed by atoms with E-state index >= 15 is 0 Å². The molecule has 1 aliphatic heterocycles. The molecule has 3 N–H and O–H groups in total. The van der Waals surface area contributed by atoms with Gasteiger partial charge in [-0.15, -0.1) is 0 Å².